The number of hydrogen-bond acceptors (Lipinski definition) is 7. The summed E-state index contributed by atoms with van der Waals surface area (Å²) in [5.41, 5.74) is 2.51. The number of likely N-dealkylation sites (N-methyl/N-ethyl adjacent to an activating group) is 1. The van der Waals surface area contributed by atoms with E-state index in [4.69, 9.17) is 9.47 Å². The second kappa shape index (κ2) is 13.3. The molecule has 0 saturated heterocycles. The number of hydrogen-bond donors (Lipinski definition) is 3. The Kier molecular flexibility index (Phi) is 9.57. The number of anilines is 2. The molecule has 10 heteroatoms. The molecule has 2 aromatic carbocycles. The van der Waals surface area contributed by atoms with Crippen LogP contribution in [0, 0.1) is 5.92 Å². The molecular weight excluding hydrogens is 510 g/mol. The van der Waals surface area contributed by atoms with Crippen LogP contribution in [0.2, 0.25) is 0 Å². The van der Waals surface area contributed by atoms with E-state index in [0.29, 0.717) is 41.5 Å². The quantitative estimate of drug-likeness (QED) is 0.370. The van der Waals surface area contributed by atoms with Crippen LogP contribution in [0.15, 0.2) is 67.0 Å². The molecule has 0 spiro atoms. The van der Waals surface area contributed by atoms with Crippen LogP contribution >= 0.6 is 0 Å². The molecule has 212 valence electrons. The third-order valence-electron chi connectivity index (χ3n) is 6.96. The lowest BCUT2D eigenvalue weighted by Crippen LogP contribution is -2.49. The number of fused-ring (bicyclic) bond motifs is 1. The number of urea groups is 1. The topological polar surface area (TPSA) is 116 Å². The van der Waals surface area contributed by atoms with Crippen LogP contribution in [0.4, 0.5) is 16.2 Å². The van der Waals surface area contributed by atoms with Crippen molar-refractivity contribution in [2.45, 2.75) is 32.5 Å². The van der Waals surface area contributed by atoms with E-state index in [2.05, 4.69) is 27.4 Å². The molecule has 1 aliphatic rings. The molecule has 3 atom stereocenters. The smallest absolute Gasteiger partial charge is 0.323 e. The Morgan fingerprint density at radius 3 is 2.50 bits per heavy atom. The number of aliphatic hydroxyl groups excluding tert-OH is 1. The minimum atomic E-state index is -0.450. The highest BCUT2D eigenvalue weighted by atomic mass is 16.5. The van der Waals surface area contributed by atoms with E-state index in [1.54, 1.807) is 66.9 Å². The van der Waals surface area contributed by atoms with Gasteiger partial charge in [0.05, 0.1) is 25.3 Å². The summed E-state index contributed by atoms with van der Waals surface area (Å²) in [7, 11) is 3.61. The van der Waals surface area contributed by atoms with Crippen molar-refractivity contribution in [2.24, 2.45) is 5.92 Å². The average Bonchev–Trinajstić information content (AvgIpc) is 2.95. The van der Waals surface area contributed by atoms with Crippen molar-refractivity contribution in [1.29, 1.82) is 0 Å². The number of amides is 3. The molecule has 1 aliphatic heterocycles. The number of carbonyl (C=O) groups is 2. The van der Waals surface area contributed by atoms with Gasteiger partial charge in [-0.2, -0.15) is 0 Å². The molecule has 4 rings (SSSR count). The monoisotopic (exact) mass is 547 g/mol. The lowest BCUT2D eigenvalue weighted by Gasteiger charge is -2.38. The van der Waals surface area contributed by atoms with E-state index >= 15 is 0 Å². The second-order valence-corrected chi connectivity index (χ2v) is 10.2. The number of aromatic nitrogens is 1. The first kappa shape index (κ1) is 28.8. The fraction of sp³-hybridized carbons (Fsp3) is 0.367. The molecular formula is C30H37N5O5. The number of aliphatic hydroxyl groups is 1. The van der Waals surface area contributed by atoms with E-state index in [1.807, 2.05) is 26.1 Å². The molecule has 2 heterocycles. The maximum atomic E-state index is 13.7. The summed E-state index contributed by atoms with van der Waals surface area (Å²) in [4.78, 5) is 34.3. The van der Waals surface area contributed by atoms with Crippen molar-refractivity contribution in [1.82, 2.24) is 14.8 Å². The SMILES string of the molecule is COc1ccc(NC(=O)Nc2ccc3c(c2)C(=O)N([C@@H](C)CO)C[C@@H](C)[C@H](CN(C)Cc2ccncc2)O3)cc1. The Bertz CT molecular complexity index is 1290. The summed E-state index contributed by atoms with van der Waals surface area (Å²) in [6.07, 6.45) is 3.33. The molecule has 1 aromatic heterocycles. The van der Waals surface area contributed by atoms with Gasteiger partial charge < -0.3 is 30.1 Å². The molecule has 3 N–H and O–H groups in total. The molecule has 0 unspecified atom stereocenters. The summed E-state index contributed by atoms with van der Waals surface area (Å²) >= 11 is 0. The molecule has 3 aromatic rings. The van der Waals surface area contributed by atoms with Gasteiger partial charge in [-0.25, -0.2) is 4.79 Å². The van der Waals surface area contributed by atoms with Crippen molar-refractivity contribution in [3.8, 4) is 11.5 Å². The van der Waals surface area contributed by atoms with E-state index < -0.39 is 6.03 Å². The number of pyridine rings is 1. The van der Waals surface area contributed by atoms with Crippen molar-refractivity contribution < 1.29 is 24.2 Å². The van der Waals surface area contributed by atoms with Crippen LogP contribution in [-0.2, 0) is 6.54 Å². The van der Waals surface area contributed by atoms with E-state index in [9.17, 15) is 14.7 Å². The van der Waals surface area contributed by atoms with Gasteiger partial charge in [0.15, 0.2) is 0 Å². The molecule has 0 fully saturated rings. The Morgan fingerprint density at radius 2 is 1.82 bits per heavy atom. The van der Waals surface area contributed by atoms with Gasteiger partial charge in [0.1, 0.15) is 17.6 Å². The van der Waals surface area contributed by atoms with Crippen LogP contribution < -0.4 is 20.1 Å². The maximum absolute atomic E-state index is 13.7. The Hall–Kier alpha value is -4.15. The summed E-state index contributed by atoms with van der Waals surface area (Å²) in [5, 5.41) is 15.5. The van der Waals surface area contributed by atoms with E-state index in [0.717, 1.165) is 12.1 Å². The van der Waals surface area contributed by atoms with Gasteiger partial charge in [0, 0.05) is 49.3 Å². The van der Waals surface area contributed by atoms with Gasteiger partial charge in [-0.1, -0.05) is 6.92 Å². The standard InChI is InChI=1S/C30H37N5O5/c1-20-16-35(21(2)19-36)29(37)26-15-24(33-30(38)32-23-5-8-25(39-4)9-6-23)7-10-27(26)40-28(20)18-34(3)17-22-11-13-31-14-12-22/h5-15,20-21,28,36H,16-19H2,1-4H3,(H2,32,33,38)/t20-,21+,28+/m1/s1. The fourth-order valence-corrected chi connectivity index (χ4v) is 4.66. The van der Waals surface area contributed by atoms with Gasteiger partial charge in [0.25, 0.3) is 5.91 Å². The molecule has 40 heavy (non-hydrogen) atoms. The predicted octanol–water partition coefficient (Wildman–Crippen LogP) is 4.09. The summed E-state index contributed by atoms with van der Waals surface area (Å²) in [6.45, 7) is 5.49. The van der Waals surface area contributed by atoms with Gasteiger partial charge >= 0.3 is 6.03 Å². The Balaban J connectivity index is 1.54. The number of rotatable bonds is 9. The van der Waals surface area contributed by atoms with Crippen LogP contribution in [0.25, 0.3) is 0 Å². The van der Waals surface area contributed by atoms with Crippen LogP contribution in [0.3, 0.4) is 0 Å². The summed E-state index contributed by atoms with van der Waals surface area (Å²) < 4.78 is 11.6. The number of nitrogens with one attached hydrogen (secondary N) is 2. The van der Waals surface area contributed by atoms with Gasteiger partial charge in [-0.05, 0) is 74.1 Å². The maximum Gasteiger partial charge on any atom is 0.323 e. The largest absolute Gasteiger partial charge is 0.497 e. The van der Waals surface area contributed by atoms with Crippen molar-refractivity contribution in [3.63, 3.8) is 0 Å². The van der Waals surface area contributed by atoms with Gasteiger partial charge in [-0.3, -0.25) is 14.7 Å². The summed E-state index contributed by atoms with van der Waals surface area (Å²) in [6, 6.07) is 15.1. The molecule has 0 saturated carbocycles. The van der Waals surface area contributed by atoms with Crippen LogP contribution in [0.1, 0.15) is 29.8 Å². The first-order chi connectivity index (χ1) is 19.3. The third kappa shape index (κ3) is 7.28. The number of carbonyl (C=O) groups excluding carboxylic acids is 2. The highest BCUT2D eigenvalue weighted by Crippen LogP contribution is 2.31. The first-order valence-corrected chi connectivity index (χ1v) is 13.3. The second-order valence-electron chi connectivity index (χ2n) is 10.2. The molecule has 0 bridgehead atoms. The summed E-state index contributed by atoms with van der Waals surface area (Å²) in [5.74, 6) is 0.865. The van der Waals surface area contributed by atoms with Crippen molar-refractivity contribution in [3.05, 3.63) is 78.1 Å². The fourth-order valence-electron chi connectivity index (χ4n) is 4.66. The molecule has 0 aliphatic carbocycles. The van der Waals surface area contributed by atoms with E-state index in [1.165, 1.54) is 0 Å². The van der Waals surface area contributed by atoms with Crippen LogP contribution in [0.5, 0.6) is 11.5 Å². The van der Waals surface area contributed by atoms with Crippen LogP contribution in [-0.4, -0.2) is 77.8 Å². The molecule has 0 radical (unpaired) electrons. The Morgan fingerprint density at radius 1 is 1.15 bits per heavy atom. The number of nitrogens with zero attached hydrogens (tertiary/aromatic N) is 3. The minimum absolute atomic E-state index is 0.000865. The predicted molar refractivity (Wildman–Crippen MR) is 154 cm³/mol. The number of ether oxygens (including phenoxy) is 2. The van der Waals surface area contributed by atoms with Crippen molar-refractivity contribution in [2.75, 3.05) is 44.5 Å². The van der Waals surface area contributed by atoms with Crippen molar-refractivity contribution >= 4 is 23.3 Å². The zero-order valence-electron chi connectivity index (χ0n) is 23.3. The highest BCUT2D eigenvalue weighted by Gasteiger charge is 2.33. The average molecular weight is 548 g/mol. The lowest BCUT2D eigenvalue weighted by molar-refractivity contribution is 0.0341. The first-order valence-electron chi connectivity index (χ1n) is 13.3. The number of benzene rings is 2. The normalized spacial score (nSPS) is 17.8. The number of methoxy groups -OCH3 is 1. The van der Waals surface area contributed by atoms with Gasteiger partial charge in [-0.15, -0.1) is 0 Å². The van der Waals surface area contributed by atoms with Gasteiger partial charge in [0.2, 0.25) is 0 Å². The lowest BCUT2D eigenvalue weighted by atomic mass is 9.99. The highest BCUT2D eigenvalue weighted by molar-refractivity contribution is 6.02. The minimum Gasteiger partial charge on any atom is -0.497 e. The molecule has 10 nitrogen and oxygen atoms in total. The zero-order valence-corrected chi connectivity index (χ0v) is 23.3. The Labute approximate surface area is 234 Å². The molecule has 3 amide bonds. The third-order valence-corrected chi connectivity index (χ3v) is 6.96. The zero-order chi connectivity index (χ0) is 28.6. The van der Waals surface area contributed by atoms with E-state index in [-0.39, 0.29) is 30.6 Å².